The number of carbonyl (C=O) groups is 2. The molecule has 0 aromatic rings. The molecular formula is C18H32N4O3. The second-order valence-electron chi connectivity index (χ2n) is 7.50. The van der Waals surface area contributed by atoms with E-state index in [1.807, 2.05) is 25.7 Å². The normalized spacial score (nSPS) is 29.0. The van der Waals surface area contributed by atoms with Crippen LogP contribution in [-0.4, -0.2) is 79.1 Å². The molecule has 2 atom stereocenters. The van der Waals surface area contributed by atoms with Crippen molar-refractivity contribution in [3.8, 4) is 0 Å². The van der Waals surface area contributed by atoms with Gasteiger partial charge in [-0.1, -0.05) is 19.9 Å². The summed E-state index contributed by atoms with van der Waals surface area (Å²) in [5, 5.41) is 2.77. The molecule has 25 heavy (non-hydrogen) atoms. The number of piperazine rings is 1. The summed E-state index contributed by atoms with van der Waals surface area (Å²) in [4.78, 5) is 28.6. The Balaban J connectivity index is 1.85. The monoisotopic (exact) mass is 352 g/mol. The lowest BCUT2D eigenvalue weighted by atomic mass is 9.54. The number of nitrogens with two attached hydrogens (primary N) is 1. The summed E-state index contributed by atoms with van der Waals surface area (Å²) in [5.41, 5.74) is 5.25. The number of amides is 2. The molecule has 0 spiro atoms. The average molecular weight is 352 g/mol. The van der Waals surface area contributed by atoms with E-state index in [1.54, 1.807) is 6.08 Å². The van der Waals surface area contributed by atoms with Gasteiger partial charge in [0.1, 0.15) is 5.54 Å². The van der Waals surface area contributed by atoms with Crippen molar-refractivity contribution in [2.24, 2.45) is 11.1 Å². The molecule has 7 heteroatoms. The van der Waals surface area contributed by atoms with Crippen LogP contribution in [0, 0.1) is 5.41 Å². The quantitative estimate of drug-likeness (QED) is 0.628. The molecule has 7 nitrogen and oxygen atoms in total. The van der Waals surface area contributed by atoms with E-state index in [4.69, 9.17) is 10.5 Å². The van der Waals surface area contributed by atoms with E-state index in [2.05, 4.69) is 16.8 Å². The summed E-state index contributed by atoms with van der Waals surface area (Å²) < 4.78 is 5.71. The SMILES string of the molecule is C=CCNC(=O)CN1CCN(C(=O)C2(N)CC(OCC)C2(C)C)CC1. The Hall–Kier alpha value is -1.44. The summed E-state index contributed by atoms with van der Waals surface area (Å²) in [5.74, 6) is -0.0149. The Morgan fingerprint density at radius 3 is 2.48 bits per heavy atom. The van der Waals surface area contributed by atoms with Gasteiger partial charge in [0, 0.05) is 51.2 Å². The number of rotatable bonds is 7. The maximum atomic E-state index is 13.0. The first-order chi connectivity index (χ1) is 11.8. The third-order valence-corrected chi connectivity index (χ3v) is 5.68. The van der Waals surface area contributed by atoms with Gasteiger partial charge in [-0.25, -0.2) is 0 Å². The van der Waals surface area contributed by atoms with Gasteiger partial charge >= 0.3 is 0 Å². The van der Waals surface area contributed by atoms with Crippen LogP contribution in [0.3, 0.4) is 0 Å². The third kappa shape index (κ3) is 3.88. The third-order valence-electron chi connectivity index (χ3n) is 5.68. The van der Waals surface area contributed by atoms with Gasteiger partial charge in [-0.15, -0.1) is 6.58 Å². The largest absolute Gasteiger partial charge is 0.378 e. The Bertz CT molecular complexity index is 514. The van der Waals surface area contributed by atoms with Crippen LogP contribution >= 0.6 is 0 Å². The minimum absolute atomic E-state index is 0.00390. The molecule has 1 aliphatic heterocycles. The van der Waals surface area contributed by atoms with Crippen molar-refractivity contribution < 1.29 is 14.3 Å². The molecule has 0 bridgehead atoms. The lowest BCUT2D eigenvalue weighted by Gasteiger charge is -2.59. The molecule has 2 rings (SSSR count). The van der Waals surface area contributed by atoms with E-state index in [0.29, 0.717) is 52.3 Å². The van der Waals surface area contributed by atoms with Gasteiger partial charge in [0.15, 0.2) is 0 Å². The van der Waals surface area contributed by atoms with E-state index in [-0.39, 0.29) is 23.3 Å². The van der Waals surface area contributed by atoms with E-state index in [0.717, 1.165) is 0 Å². The second kappa shape index (κ2) is 7.85. The van der Waals surface area contributed by atoms with Crippen molar-refractivity contribution in [1.29, 1.82) is 0 Å². The van der Waals surface area contributed by atoms with E-state index in [9.17, 15) is 9.59 Å². The van der Waals surface area contributed by atoms with Gasteiger partial charge in [0.2, 0.25) is 11.8 Å². The molecule has 0 aromatic carbocycles. The molecule has 2 unspecified atom stereocenters. The number of hydrogen-bond acceptors (Lipinski definition) is 5. The highest BCUT2D eigenvalue weighted by atomic mass is 16.5. The van der Waals surface area contributed by atoms with Crippen molar-refractivity contribution in [3.05, 3.63) is 12.7 Å². The summed E-state index contributed by atoms with van der Waals surface area (Å²) in [6.07, 6.45) is 2.25. The Morgan fingerprint density at radius 2 is 1.96 bits per heavy atom. The fraction of sp³-hybridized carbons (Fsp3) is 0.778. The molecule has 0 radical (unpaired) electrons. The Morgan fingerprint density at radius 1 is 1.32 bits per heavy atom. The van der Waals surface area contributed by atoms with E-state index >= 15 is 0 Å². The molecule has 2 amide bonds. The van der Waals surface area contributed by atoms with Crippen LogP contribution in [0.15, 0.2) is 12.7 Å². The molecule has 1 aliphatic carbocycles. The number of nitrogens with one attached hydrogen (secondary N) is 1. The van der Waals surface area contributed by atoms with Crippen LogP contribution in [0.25, 0.3) is 0 Å². The van der Waals surface area contributed by atoms with Crippen LogP contribution in [0.4, 0.5) is 0 Å². The van der Waals surface area contributed by atoms with Crippen LogP contribution < -0.4 is 11.1 Å². The predicted molar refractivity (Wildman–Crippen MR) is 97.0 cm³/mol. The number of hydrogen-bond donors (Lipinski definition) is 2. The molecule has 1 heterocycles. The van der Waals surface area contributed by atoms with Crippen LogP contribution in [-0.2, 0) is 14.3 Å². The van der Waals surface area contributed by atoms with Gasteiger partial charge in [-0.05, 0) is 6.92 Å². The van der Waals surface area contributed by atoms with Gasteiger partial charge in [-0.3, -0.25) is 14.5 Å². The lowest BCUT2D eigenvalue weighted by molar-refractivity contribution is -0.180. The summed E-state index contributed by atoms with van der Waals surface area (Å²) in [6.45, 7) is 13.6. The zero-order valence-corrected chi connectivity index (χ0v) is 15.7. The summed E-state index contributed by atoms with van der Waals surface area (Å²) >= 11 is 0. The first kappa shape index (κ1) is 19.9. The highest BCUT2D eigenvalue weighted by molar-refractivity contribution is 5.89. The van der Waals surface area contributed by atoms with Gasteiger partial charge in [-0.2, -0.15) is 0 Å². The van der Waals surface area contributed by atoms with Crippen LogP contribution in [0.2, 0.25) is 0 Å². The molecule has 1 saturated carbocycles. The summed E-state index contributed by atoms with van der Waals surface area (Å²) in [6, 6.07) is 0. The smallest absolute Gasteiger partial charge is 0.243 e. The number of ether oxygens (including phenoxy) is 1. The molecular weight excluding hydrogens is 320 g/mol. The van der Waals surface area contributed by atoms with Crippen LogP contribution in [0.5, 0.6) is 0 Å². The minimum Gasteiger partial charge on any atom is -0.378 e. The Kier molecular flexibility index (Phi) is 6.24. The average Bonchev–Trinajstić information content (AvgIpc) is 2.59. The molecule has 1 saturated heterocycles. The highest BCUT2D eigenvalue weighted by Gasteiger charge is 2.63. The van der Waals surface area contributed by atoms with E-state index < -0.39 is 5.54 Å². The molecule has 2 aliphatic rings. The van der Waals surface area contributed by atoms with Crippen molar-refractivity contribution in [2.45, 2.75) is 38.8 Å². The molecule has 0 aromatic heterocycles. The highest BCUT2D eigenvalue weighted by Crippen LogP contribution is 2.50. The van der Waals surface area contributed by atoms with Crippen molar-refractivity contribution in [3.63, 3.8) is 0 Å². The second-order valence-corrected chi connectivity index (χ2v) is 7.50. The lowest BCUT2D eigenvalue weighted by Crippen LogP contribution is -2.76. The summed E-state index contributed by atoms with van der Waals surface area (Å²) in [7, 11) is 0. The first-order valence-corrected chi connectivity index (χ1v) is 9.06. The van der Waals surface area contributed by atoms with Crippen LogP contribution in [0.1, 0.15) is 27.2 Å². The van der Waals surface area contributed by atoms with Crippen molar-refractivity contribution in [1.82, 2.24) is 15.1 Å². The predicted octanol–water partition coefficient (Wildman–Crippen LogP) is -0.0347. The standard InChI is InChI=1S/C18H32N4O3/c1-5-7-20-15(23)13-21-8-10-22(11-9-21)16(24)18(19)12-14(25-6-2)17(18,3)4/h5,14H,1,6-13,19H2,2-4H3,(H,20,23). The maximum absolute atomic E-state index is 13.0. The fourth-order valence-electron chi connectivity index (χ4n) is 3.63. The number of carbonyl (C=O) groups excluding carboxylic acids is 2. The topological polar surface area (TPSA) is 87.9 Å². The van der Waals surface area contributed by atoms with E-state index in [1.165, 1.54) is 0 Å². The van der Waals surface area contributed by atoms with Crippen molar-refractivity contribution >= 4 is 11.8 Å². The van der Waals surface area contributed by atoms with Gasteiger partial charge in [0.05, 0.1) is 12.6 Å². The zero-order chi connectivity index (χ0) is 18.7. The van der Waals surface area contributed by atoms with Gasteiger partial charge in [0.25, 0.3) is 0 Å². The number of nitrogens with zero attached hydrogens (tertiary/aromatic N) is 2. The maximum Gasteiger partial charge on any atom is 0.243 e. The molecule has 142 valence electrons. The molecule has 2 fully saturated rings. The molecule has 3 N–H and O–H groups in total. The zero-order valence-electron chi connectivity index (χ0n) is 15.7. The Labute approximate surface area is 150 Å². The minimum atomic E-state index is -0.865. The first-order valence-electron chi connectivity index (χ1n) is 9.06. The fourth-order valence-corrected chi connectivity index (χ4v) is 3.63. The van der Waals surface area contributed by atoms with Crippen molar-refractivity contribution in [2.75, 3.05) is 45.9 Å². The van der Waals surface area contributed by atoms with Gasteiger partial charge < -0.3 is 20.7 Å².